The van der Waals surface area contributed by atoms with E-state index < -0.39 is 38.9 Å². The highest BCUT2D eigenvalue weighted by Gasteiger charge is 2.46. The number of nitrogens with one attached hydrogen (secondary N) is 1. The first-order chi connectivity index (χ1) is 13.8. The maximum absolute atomic E-state index is 13.8. The Bertz CT molecular complexity index is 1080. The quantitative estimate of drug-likeness (QED) is 0.699. The van der Waals surface area contributed by atoms with E-state index in [1.165, 1.54) is 12.1 Å². The standard InChI is InChI=1S/C20H19FN2O5S/c21-15-7-4-8-16-19(15)29(26,27)23-17(22-16)12-28-18(24)11-20(25,14-9-10-14)13-5-2-1-3-6-13/h1-8,14,25H,9-12H2,(H,22,23). The fourth-order valence-corrected chi connectivity index (χ4v) is 4.68. The summed E-state index contributed by atoms with van der Waals surface area (Å²) in [6.07, 6.45) is 1.37. The number of anilines is 1. The van der Waals surface area contributed by atoms with Crippen molar-refractivity contribution in [3.05, 3.63) is 59.9 Å². The maximum Gasteiger partial charge on any atom is 0.309 e. The third-order valence-corrected chi connectivity index (χ3v) is 6.44. The van der Waals surface area contributed by atoms with Crippen LogP contribution >= 0.6 is 0 Å². The molecule has 1 atom stereocenters. The van der Waals surface area contributed by atoms with Crippen LogP contribution in [0, 0.1) is 11.7 Å². The predicted molar refractivity (Wildman–Crippen MR) is 103 cm³/mol. The Balaban J connectivity index is 1.46. The zero-order valence-corrected chi connectivity index (χ0v) is 16.2. The normalized spacial score (nSPS) is 19.3. The minimum absolute atomic E-state index is 0.0298. The monoisotopic (exact) mass is 418 g/mol. The van der Waals surface area contributed by atoms with Gasteiger partial charge in [0.1, 0.15) is 22.9 Å². The molecule has 1 aliphatic carbocycles. The SMILES string of the molecule is O=C(CC(O)(c1ccccc1)C1CC1)OCC1=NS(=O)(=O)c2c(F)cccc2N1. The third kappa shape index (κ3) is 3.88. The zero-order valence-electron chi connectivity index (χ0n) is 15.3. The van der Waals surface area contributed by atoms with Crippen molar-refractivity contribution in [3.63, 3.8) is 0 Å². The molecule has 0 amide bonds. The van der Waals surface area contributed by atoms with Gasteiger partial charge in [-0.05, 0) is 36.5 Å². The number of fused-ring (bicyclic) bond motifs is 1. The highest BCUT2D eigenvalue weighted by Crippen LogP contribution is 2.47. The van der Waals surface area contributed by atoms with E-state index in [1.54, 1.807) is 24.3 Å². The van der Waals surface area contributed by atoms with Crippen LogP contribution < -0.4 is 5.32 Å². The number of ether oxygens (including phenoxy) is 1. The molecule has 1 unspecified atom stereocenters. The molecule has 0 saturated heterocycles. The van der Waals surface area contributed by atoms with Gasteiger partial charge in [0.15, 0.2) is 5.84 Å². The third-order valence-electron chi connectivity index (χ3n) is 5.04. The van der Waals surface area contributed by atoms with Crippen LogP contribution in [0.2, 0.25) is 0 Å². The largest absolute Gasteiger partial charge is 0.457 e. The first-order valence-electron chi connectivity index (χ1n) is 9.12. The van der Waals surface area contributed by atoms with Crippen molar-refractivity contribution in [1.82, 2.24) is 0 Å². The Morgan fingerprint density at radius 2 is 1.93 bits per heavy atom. The van der Waals surface area contributed by atoms with Crippen LogP contribution in [0.25, 0.3) is 0 Å². The fraction of sp³-hybridized carbons (Fsp3) is 0.300. The van der Waals surface area contributed by atoms with Gasteiger partial charge in [-0.25, -0.2) is 4.39 Å². The fourth-order valence-electron chi connectivity index (χ4n) is 3.49. The van der Waals surface area contributed by atoms with Crippen LogP contribution in [0.15, 0.2) is 57.8 Å². The summed E-state index contributed by atoms with van der Waals surface area (Å²) in [6, 6.07) is 12.7. The number of amidine groups is 1. The summed E-state index contributed by atoms with van der Waals surface area (Å²) in [4.78, 5) is 11.9. The van der Waals surface area contributed by atoms with Gasteiger partial charge in [0.2, 0.25) is 0 Å². The maximum atomic E-state index is 13.8. The van der Waals surface area contributed by atoms with Crippen molar-refractivity contribution < 1.29 is 27.4 Å². The van der Waals surface area contributed by atoms with E-state index in [1.807, 2.05) is 6.07 Å². The molecule has 4 rings (SSSR count). The lowest BCUT2D eigenvalue weighted by Gasteiger charge is -2.28. The van der Waals surface area contributed by atoms with Crippen molar-refractivity contribution in [2.24, 2.45) is 10.3 Å². The summed E-state index contributed by atoms with van der Waals surface area (Å²) in [5.41, 5.74) is -0.661. The van der Waals surface area contributed by atoms with Gasteiger partial charge in [0, 0.05) is 0 Å². The number of hydrogen-bond acceptors (Lipinski definition) is 6. The topological polar surface area (TPSA) is 105 Å². The number of rotatable bonds is 6. The Kier molecular flexibility index (Phi) is 4.87. The Hall–Kier alpha value is -2.78. The van der Waals surface area contributed by atoms with E-state index in [0.717, 1.165) is 18.9 Å². The average Bonchev–Trinajstić information content (AvgIpc) is 3.52. The number of halogens is 1. The summed E-state index contributed by atoms with van der Waals surface area (Å²) in [6.45, 7) is -0.441. The van der Waals surface area contributed by atoms with Gasteiger partial charge >= 0.3 is 5.97 Å². The minimum atomic E-state index is -4.24. The van der Waals surface area contributed by atoms with Gasteiger partial charge in [-0.15, -0.1) is 4.40 Å². The molecule has 2 aliphatic rings. The van der Waals surface area contributed by atoms with E-state index in [0.29, 0.717) is 5.56 Å². The Morgan fingerprint density at radius 1 is 1.21 bits per heavy atom. The van der Waals surface area contributed by atoms with E-state index in [2.05, 4.69) is 9.71 Å². The number of aliphatic hydroxyl groups is 1. The van der Waals surface area contributed by atoms with E-state index in [4.69, 9.17) is 4.74 Å². The molecule has 9 heteroatoms. The van der Waals surface area contributed by atoms with Crippen molar-refractivity contribution >= 4 is 27.5 Å². The van der Waals surface area contributed by atoms with Crippen LogP contribution in [0.1, 0.15) is 24.8 Å². The second-order valence-electron chi connectivity index (χ2n) is 7.16. The van der Waals surface area contributed by atoms with Gasteiger partial charge in [0.25, 0.3) is 10.0 Å². The second kappa shape index (κ2) is 7.23. The second-order valence-corrected chi connectivity index (χ2v) is 8.70. The molecule has 0 spiro atoms. The molecule has 0 aromatic heterocycles. The van der Waals surface area contributed by atoms with E-state index in [-0.39, 0.29) is 23.9 Å². The lowest BCUT2D eigenvalue weighted by atomic mass is 9.86. The molecule has 2 aromatic rings. The summed E-state index contributed by atoms with van der Waals surface area (Å²) in [7, 11) is -4.24. The molecular weight excluding hydrogens is 399 g/mol. The molecular formula is C20H19FN2O5S. The van der Waals surface area contributed by atoms with Crippen molar-refractivity contribution in [1.29, 1.82) is 0 Å². The molecule has 29 heavy (non-hydrogen) atoms. The Labute approximate surface area is 167 Å². The van der Waals surface area contributed by atoms with E-state index in [9.17, 15) is 22.7 Å². The lowest BCUT2D eigenvalue weighted by molar-refractivity contribution is -0.149. The van der Waals surface area contributed by atoms with Gasteiger partial charge in [-0.3, -0.25) is 4.79 Å². The first kappa shape index (κ1) is 19.5. The molecule has 0 bridgehead atoms. The highest BCUT2D eigenvalue weighted by molar-refractivity contribution is 7.90. The predicted octanol–water partition coefficient (Wildman–Crippen LogP) is 2.57. The molecule has 2 aromatic carbocycles. The van der Waals surface area contributed by atoms with Crippen molar-refractivity contribution in [2.75, 3.05) is 11.9 Å². The van der Waals surface area contributed by atoms with Crippen molar-refractivity contribution in [2.45, 2.75) is 29.8 Å². The van der Waals surface area contributed by atoms with Crippen molar-refractivity contribution in [3.8, 4) is 0 Å². The zero-order chi connectivity index (χ0) is 20.6. The van der Waals surface area contributed by atoms with Crippen LogP contribution in [-0.4, -0.2) is 31.9 Å². The smallest absolute Gasteiger partial charge is 0.309 e. The summed E-state index contributed by atoms with van der Waals surface area (Å²) < 4.78 is 46.9. The Morgan fingerprint density at radius 3 is 2.62 bits per heavy atom. The molecule has 1 heterocycles. The van der Waals surface area contributed by atoms with Gasteiger partial charge in [-0.1, -0.05) is 36.4 Å². The van der Waals surface area contributed by atoms with Gasteiger partial charge in [-0.2, -0.15) is 8.42 Å². The minimum Gasteiger partial charge on any atom is -0.457 e. The van der Waals surface area contributed by atoms with Crippen LogP contribution in [0.4, 0.5) is 10.1 Å². The summed E-state index contributed by atoms with van der Waals surface area (Å²) in [5, 5.41) is 13.8. The lowest BCUT2D eigenvalue weighted by Crippen LogP contribution is -2.34. The number of carbonyl (C=O) groups excluding carboxylic acids is 1. The number of esters is 1. The van der Waals surface area contributed by atoms with Gasteiger partial charge < -0.3 is 15.2 Å². The number of sulfonamides is 1. The van der Waals surface area contributed by atoms with Crippen LogP contribution in [0.5, 0.6) is 0 Å². The van der Waals surface area contributed by atoms with Crippen LogP contribution in [-0.2, 0) is 25.2 Å². The van der Waals surface area contributed by atoms with Crippen LogP contribution in [0.3, 0.4) is 0 Å². The molecule has 152 valence electrons. The molecule has 1 aliphatic heterocycles. The first-order valence-corrected chi connectivity index (χ1v) is 10.6. The molecule has 1 saturated carbocycles. The van der Waals surface area contributed by atoms with Gasteiger partial charge in [0.05, 0.1) is 12.1 Å². The number of nitrogens with zero attached hydrogens (tertiary/aromatic N) is 1. The summed E-state index contributed by atoms with van der Waals surface area (Å²) >= 11 is 0. The molecule has 7 nitrogen and oxygen atoms in total. The molecule has 2 N–H and O–H groups in total. The number of benzene rings is 2. The number of hydrogen-bond donors (Lipinski definition) is 2. The molecule has 1 fully saturated rings. The summed E-state index contributed by atoms with van der Waals surface area (Å²) in [5.74, 6) is -1.76. The molecule has 0 radical (unpaired) electrons. The number of carbonyl (C=O) groups is 1. The highest BCUT2D eigenvalue weighted by atomic mass is 32.2. The van der Waals surface area contributed by atoms with E-state index >= 15 is 0 Å². The average molecular weight is 418 g/mol.